The summed E-state index contributed by atoms with van der Waals surface area (Å²) in [4.78, 5) is 12.7. The number of benzene rings is 2. The van der Waals surface area contributed by atoms with E-state index in [1.807, 2.05) is 36.4 Å². The number of hydrogen-bond donors (Lipinski definition) is 2. The summed E-state index contributed by atoms with van der Waals surface area (Å²) in [6.07, 6.45) is 1.67. The Morgan fingerprint density at radius 1 is 1.04 bits per heavy atom. The van der Waals surface area contributed by atoms with Crippen molar-refractivity contribution in [1.82, 2.24) is 10.0 Å². The number of halogens is 1. The van der Waals surface area contributed by atoms with Crippen LogP contribution in [0, 0.1) is 0 Å². The molecule has 2 aromatic rings. The van der Waals surface area contributed by atoms with Gasteiger partial charge in [0.1, 0.15) is 0 Å². The Balaban J connectivity index is 1.58. The van der Waals surface area contributed by atoms with Crippen LogP contribution in [0.3, 0.4) is 0 Å². The highest BCUT2D eigenvalue weighted by Gasteiger charge is 2.51. The first-order chi connectivity index (χ1) is 13.2. The van der Waals surface area contributed by atoms with E-state index in [9.17, 15) is 13.2 Å². The Morgan fingerprint density at radius 3 is 2.14 bits per heavy atom. The van der Waals surface area contributed by atoms with E-state index < -0.39 is 15.4 Å². The smallest absolute Gasteiger partial charge is 0.230 e. The highest BCUT2D eigenvalue weighted by atomic mass is 35.5. The highest BCUT2D eigenvalue weighted by Crippen LogP contribution is 2.48. The third kappa shape index (κ3) is 5.13. The van der Waals surface area contributed by atoms with Crippen molar-refractivity contribution < 1.29 is 13.2 Å². The Hall–Kier alpha value is -1.89. The van der Waals surface area contributed by atoms with Crippen LogP contribution in [0.15, 0.2) is 48.5 Å². The zero-order chi connectivity index (χ0) is 20.4. The molecule has 1 saturated carbocycles. The lowest BCUT2D eigenvalue weighted by molar-refractivity contribution is -0.123. The Bertz CT molecular complexity index is 935. The van der Waals surface area contributed by atoms with Crippen molar-refractivity contribution in [1.29, 1.82) is 0 Å². The lowest BCUT2D eigenvalue weighted by Gasteiger charge is -2.16. The van der Waals surface area contributed by atoms with Gasteiger partial charge >= 0.3 is 0 Å². The maximum absolute atomic E-state index is 12.7. The summed E-state index contributed by atoms with van der Waals surface area (Å²) in [6, 6.07) is 14.6. The molecule has 0 heterocycles. The molecular formula is C21H25ClN2O3S. The van der Waals surface area contributed by atoms with Crippen LogP contribution in [0.1, 0.15) is 43.4 Å². The number of hydrogen-bond acceptors (Lipinski definition) is 3. The second-order valence-corrected chi connectivity index (χ2v) is 9.81. The minimum Gasteiger partial charge on any atom is -0.351 e. The van der Waals surface area contributed by atoms with Crippen LogP contribution in [0.2, 0.25) is 5.02 Å². The summed E-state index contributed by atoms with van der Waals surface area (Å²) in [5.41, 5.74) is 2.19. The van der Waals surface area contributed by atoms with E-state index in [0.29, 0.717) is 17.1 Å². The minimum absolute atomic E-state index is 0.0163. The quantitative estimate of drug-likeness (QED) is 0.686. The van der Waals surface area contributed by atoms with Crippen LogP contribution in [0.25, 0.3) is 0 Å². The highest BCUT2D eigenvalue weighted by molar-refractivity contribution is 7.88. The lowest BCUT2D eigenvalue weighted by atomic mass is 9.95. The molecule has 28 heavy (non-hydrogen) atoms. The van der Waals surface area contributed by atoms with Gasteiger partial charge in [-0.05, 0) is 55.5 Å². The largest absolute Gasteiger partial charge is 0.351 e. The van der Waals surface area contributed by atoms with Crippen LogP contribution in [-0.4, -0.2) is 20.4 Å². The van der Waals surface area contributed by atoms with Crippen molar-refractivity contribution in [3.8, 4) is 0 Å². The second kappa shape index (κ2) is 8.23. The number of amides is 1. The van der Waals surface area contributed by atoms with Crippen molar-refractivity contribution in [2.24, 2.45) is 0 Å². The molecular weight excluding hydrogens is 396 g/mol. The van der Waals surface area contributed by atoms with Crippen LogP contribution in [0.4, 0.5) is 0 Å². The second-order valence-electron chi connectivity index (χ2n) is 7.62. The van der Waals surface area contributed by atoms with Gasteiger partial charge in [-0.1, -0.05) is 48.0 Å². The SMILES string of the molecule is CC(C)NS(=O)(=O)Cc1ccc(CNC(=O)C2(c3ccc(Cl)cc3)CC2)cc1. The molecule has 1 aliphatic rings. The van der Waals surface area contributed by atoms with E-state index in [-0.39, 0.29) is 17.7 Å². The number of carbonyl (C=O) groups is 1. The molecule has 2 aromatic carbocycles. The predicted molar refractivity (Wildman–Crippen MR) is 112 cm³/mol. The van der Waals surface area contributed by atoms with Crippen molar-refractivity contribution in [3.63, 3.8) is 0 Å². The molecule has 0 unspecified atom stereocenters. The average molecular weight is 421 g/mol. The maximum atomic E-state index is 12.7. The molecule has 0 radical (unpaired) electrons. The van der Waals surface area contributed by atoms with Crippen molar-refractivity contribution >= 4 is 27.5 Å². The van der Waals surface area contributed by atoms with Crippen molar-refractivity contribution in [2.75, 3.05) is 0 Å². The molecule has 5 nitrogen and oxygen atoms in total. The van der Waals surface area contributed by atoms with Crippen molar-refractivity contribution in [2.45, 2.75) is 50.4 Å². The van der Waals surface area contributed by atoms with Gasteiger partial charge in [0.15, 0.2) is 0 Å². The van der Waals surface area contributed by atoms with Gasteiger partial charge in [-0.3, -0.25) is 4.79 Å². The Labute approximate surface area is 171 Å². The van der Waals surface area contributed by atoms with E-state index >= 15 is 0 Å². The zero-order valence-corrected chi connectivity index (χ0v) is 17.6. The van der Waals surface area contributed by atoms with Crippen LogP contribution >= 0.6 is 11.6 Å². The Morgan fingerprint density at radius 2 is 1.61 bits per heavy atom. The molecule has 2 N–H and O–H groups in total. The summed E-state index contributed by atoms with van der Waals surface area (Å²) in [5.74, 6) is -0.0417. The van der Waals surface area contributed by atoms with Gasteiger partial charge < -0.3 is 5.32 Å². The molecule has 1 aliphatic carbocycles. The molecule has 0 spiro atoms. The third-order valence-corrected chi connectivity index (χ3v) is 6.63. The molecule has 0 bridgehead atoms. The first-order valence-electron chi connectivity index (χ1n) is 9.32. The monoisotopic (exact) mass is 420 g/mol. The van der Waals surface area contributed by atoms with Crippen LogP contribution in [0.5, 0.6) is 0 Å². The van der Waals surface area contributed by atoms with Gasteiger partial charge in [0.2, 0.25) is 15.9 Å². The zero-order valence-electron chi connectivity index (χ0n) is 16.0. The summed E-state index contributed by atoms with van der Waals surface area (Å²) in [7, 11) is -3.35. The van der Waals surface area contributed by atoms with Gasteiger partial charge in [0, 0.05) is 17.6 Å². The molecule has 150 valence electrons. The molecule has 1 fully saturated rings. The normalized spacial score (nSPS) is 15.4. The summed E-state index contributed by atoms with van der Waals surface area (Å²) in [6.45, 7) is 3.99. The number of rotatable bonds is 8. The molecule has 0 atom stereocenters. The fourth-order valence-corrected chi connectivity index (χ4v) is 4.82. The fourth-order valence-electron chi connectivity index (χ4n) is 3.27. The molecule has 1 amide bonds. The summed E-state index contributed by atoms with van der Waals surface area (Å²) >= 11 is 5.94. The molecule has 7 heteroatoms. The van der Waals surface area contributed by atoms with E-state index in [1.165, 1.54) is 0 Å². The number of carbonyl (C=O) groups excluding carboxylic acids is 1. The Kier molecular flexibility index (Phi) is 6.12. The van der Waals surface area contributed by atoms with Crippen LogP contribution < -0.4 is 10.0 Å². The van der Waals surface area contributed by atoms with E-state index in [0.717, 1.165) is 24.0 Å². The molecule has 0 aliphatic heterocycles. The van der Waals surface area contributed by atoms with Gasteiger partial charge in [-0.2, -0.15) is 0 Å². The number of sulfonamides is 1. The van der Waals surface area contributed by atoms with E-state index in [2.05, 4.69) is 10.0 Å². The standard InChI is InChI=1S/C21H25ClN2O3S/c1-15(2)24-28(26,27)14-17-5-3-16(4-6-17)13-23-20(25)21(11-12-21)18-7-9-19(22)10-8-18/h3-10,15,24H,11-14H2,1-2H3,(H,23,25). The fraction of sp³-hybridized carbons (Fsp3) is 0.381. The first kappa shape index (κ1) is 20.8. The van der Waals surface area contributed by atoms with Crippen molar-refractivity contribution in [3.05, 3.63) is 70.2 Å². The first-order valence-corrected chi connectivity index (χ1v) is 11.4. The van der Waals surface area contributed by atoms with E-state index in [1.54, 1.807) is 26.0 Å². The summed E-state index contributed by atoms with van der Waals surface area (Å²) in [5, 5.41) is 3.66. The third-order valence-electron chi connectivity index (χ3n) is 4.83. The minimum atomic E-state index is -3.35. The average Bonchev–Trinajstić information content (AvgIpc) is 3.42. The van der Waals surface area contributed by atoms with Gasteiger partial charge in [-0.25, -0.2) is 13.1 Å². The topological polar surface area (TPSA) is 75.3 Å². The summed E-state index contributed by atoms with van der Waals surface area (Å²) < 4.78 is 26.6. The molecule has 0 aromatic heterocycles. The predicted octanol–water partition coefficient (Wildman–Crippen LogP) is 3.52. The molecule has 3 rings (SSSR count). The lowest BCUT2D eigenvalue weighted by Crippen LogP contribution is -2.34. The molecule has 0 saturated heterocycles. The number of nitrogens with one attached hydrogen (secondary N) is 2. The van der Waals surface area contributed by atoms with Gasteiger partial charge in [0.05, 0.1) is 11.2 Å². The van der Waals surface area contributed by atoms with E-state index in [4.69, 9.17) is 11.6 Å². The van der Waals surface area contributed by atoms with Crippen LogP contribution in [-0.2, 0) is 32.5 Å². The maximum Gasteiger partial charge on any atom is 0.230 e. The van der Waals surface area contributed by atoms with Gasteiger partial charge in [-0.15, -0.1) is 0 Å². The van der Waals surface area contributed by atoms with Gasteiger partial charge in [0.25, 0.3) is 0 Å².